The van der Waals surface area contributed by atoms with Crippen LogP contribution >= 0.6 is 0 Å². The second kappa shape index (κ2) is 43.1. The van der Waals surface area contributed by atoms with Gasteiger partial charge >= 0.3 is 0 Å². The van der Waals surface area contributed by atoms with E-state index in [0.29, 0.717) is 6.42 Å². The van der Waals surface area contributed by atoms with Gasteiger partial charge in [-0.25, -0.2) is 0 Å². The third-order valence-corrected chi connectivity index (χ3v) is 12.1. The van der Waals surface area contributed by atoms with E-state index in [1.807, 2.05) is 6.08 Å². The molecule has 0 bridgehead atoms. The zero-order valence-electron chi connectivity index (χ0n) is 39.9. The van der Waals surface area contributed by atoms with Crippen molar-refractivity contribution in [2.75, 3.05) is 13.2 Å². The lowest BCUT2D eigenvalue weighted by Gasteiger charge is -2.40. The molecule has 9 nitrogen and oxygen atoms in total. The molecule has 1 aliphatic heterocycles. The Balaban J connectivity index is 2.32. The molecule has 1 amide bonds. The van der Waals surface area contributed by atoms with Crippen LogP contribution in [-0.4, -0.2) is 87.5 Å². The molecular formula is C53H97NO8. The fraction of sp³-hybridized carbons (Fsp3) is 0.830. The van der Waals surface area contributed by atoms with E-state index in [-0.39, 0.29) is 12.5 Å². The van der Waals surface area contributed by atoms with Crippen LogP contribution in [0.1, 0.15) is 226 Å². The number of hydrogen-bond acceptors (Lipinski definition) is 8. The third kappa shape index (κ3) is 32.8. The number of amides is 1. The summed E-state index contributed by atoms with van der Waals surface area (Å²) in [5.74, 6) is -0.191. The van der Waals surface area contributed by atoms with E-state index in [0.717, 1.165) is 51.4 Å². The van der Waals surface area contributed by atoms with Crippen molar-refractivity contribution in [1.29, 1.82) is 0 Å². The van der Waals surface area contributed by atoms with Crippen LogP contribution in [-0.2, 0) is 14.3 Å². The van der Waals surface area contributed by atoms with Crippen molar-refractivity contribution in [2.45, 2.75) is 269 Å². The molecule has 7 atom stereocenters. The molecule has 0 aromatic carbocycles. The molecule has 1 heterocycles. The third-order valence-electron chi connectivity index (χ3n) is 12.1. The highest BCUT2D eigenvalue weighted by Crippen LogP contribution is 2.23. The Hall–Kier alpha value is -1.85. The van der Waals surface area contributed by atoms with Crippen LogP contribution in [0.4, 0.5) is 0 Å². The Morgan fingerprint density at radius 3 is 1.48 bits per heavy atom. The van der Waals surface area contributed by atoms with Crippen LogP contribution in [0.15, 0.2) is 48.6 Å². The molecule has 1 aliphatic rings. The van der Waals surface area contributed by atoms with E-state index < -0.39 is 49.5 Å². The molecule has 9 heteroatoms. The number of aliphatic hydroxyl groups is 5. The van der Waals surface area contributed by atoms with Gasteiger partial charge in [0.25, 0.3) is 0 Å². The SMILES string of the molecule is CCCCC/C=C\C/C=C\CCCCCCCCCCCC(=O)NC(COC1OC(CO)C(O)C(O)C1O)C(O)/C=C/CC/C=C/CCCCCCCCCCCCCCCC. The summed E-state index contributed by atoms with van der Waals surface area (Å²) >= 11 is 0. The van der Waals surface area contributed by atoms with Gasteiger partial charge in [0.1, 0.15) is 24.4 Å². The molecule has 1 rings (SSSR count). The fourth-order valence-corrected chi connectivity index (χ4v) is 7.97. The minimum absolute atomic E-state index is 0.191. The first-order valence-electron chi connectivity index (χ1n) is 25.9. The van der Waals surface area contributed by atoms with Crippen LogP contribution in [0.3, 0.4) is 0 Å². The highest BCUT2D eigenvalue weighted by atomic mass is 16.7. The van der Waals surface area contributed by atoms with Gasteiger partial charge in [-0.3, -0.25) is 4.79 Å². The van der Waals surface area contributed by atoms with Gasteiger partial charge in [0.15, 0.2) is 6.29 Å². The highest BCUT2D eigenvalue weighted by molar-refractivity contribution is 5.76. The Kier molecular flexibility index (Phi) is 40.4. The summed E-state index contributed by atoms with van der Waals surface area (Å²) in [7, 11) is 0. The second-order valence-corrected chi connectivity index (χ2v) is 18.0. The average molecular weight is 876 g/mol. The molecular weight excluding hydrogens is 779 g/mol. The van der Waals surface area contributed by atoms with Crippen LogP contribution in [0.2, 0.25) is 0 Å². The predicted octanol–water partition coefficient (Wildman–Crippen LogP) is 11.8. The van der Waals surface area contributed by atoms with Gasteiger partial charge in [-0.05, 0) is 64.2 Å². The zero-order chi connectivity index (χ0) is 45.1. The number of rotatable bonds is 43. The van der Waals surface area contributed by atoms with Crippen LogP contribution in [0.5, 0.6) is 0 Å². The van der Waals surface area contributed by atoms with Crippen molar-refractivity contribution in [2.24, 2.45) is 0 Å². The maximum atomic E-state index is 13.0. The molecule has 0 aromatic heterocycles. The Bertz CT molecular complexity index is 1110. The Morgan fingerprint density at radius 2 is 0.968 bits per heavy atom. The second-order valence-electron chi connectivity index (χ2n) is 18.0. The molecule has 0 spiro atoms. The zero-order valence-corrected chi connectivity index (χ0v) is 39.9. The molecule has 7 unspecified atom stereocenters. The quantitative estimate of drug-likeness (QED) is 0.0262. The van der Waals surface area contributed by atoms with Crippen molar-refractivity contribution in [3.05, 3.63) is 48.6 Å². The van der Waals surface area contributed by atoms with E-state index in [4.69, 9.17) is 9.47 Å². The van der Waals surface area contributed by atoms with E-state index >= 15 is 0 Å². The van der Waals surface area contributed by atoms with Gasteiger partial charge in [0, 0.05) is 6.42 Å². The summed E-state index contributed by atoms with van der Waals surface area (Å²) < 4.78 is 11.2. The largest absolute Gasteiger partial charge is 0.394 e. The topological polar surface area (TPSA) is 149 Å². The number of unbranched alkanes of at least 4 members (excludes halogenated alkanes) is 27. The first-order chi connectivity index (χ1) is 30.3. The maximum absolute atomic E-state index is 13.0. The lowest BCUT2D eigenvalue weighted by atomic mass is 9.99. The number of hydrogen-bond donors (Lipinski definition) is 6. The van der Waals surface area contributed by atoms with Gasteiger partial charge < -0.3 is 40.3 Å². The normalized spacial score (nSPS) is 20.7. The molecule has 0 saturated carbocycles. The number of carbonyl (C=O) groups is 1. The van der Waals surface area contributed by atoms with Gasteiger partial charge in [-0.15, -0.1) is 0 Å². The van der Waals surface area contributed by atoms with E-state index in [9.17, 15) is 30.3 Å². The highest BCUT2D eigenvalue weighted by Gasteiger charge is 2.44. The first-order valence-corrected chi connectivity index (χ1v) is 25.9. The maximum Gasteiger partial charge on any atom is 0.220 e. The molecule has 6 N–H and O–H groups in total. The van der Waals surface area contributed by atoms with Crippen molar-refractivity contribution in [1.82, 2.24) is 5.32 Å². The van der Waals surface area contributed by atoms with E-state index in [1.54, 1.807) is 6.08 Å². The molecule has 62 heavy (non-hydrogen) atoms. The van der Waals surface area contributed by atoms with E-state index in [1.165, 1.54) is 154 Å². The molecule has 1 saturated heterocycles. The fourth-order valence-electron chi connectivity index (χ4n) is 7.97. The minimum atomic E-state index is -1.57. The van der Waals surface area contributed by atoms with Gasteiger partial charge in [0.05, 0.1) is 25.4 Å². The molecule has 0 aromatic rings. The number of ether oxygens (including phenoxy) is 2. The van der Waals surface area contributed by atoms with Gasteiger partial charge in [-0.2, -0.15) is 0 Å². The lowest BCUT2D eigenvalue weighted by molar-refractivity contribution is -0.302. The monoisotopic (exact) mass is 876 g/mol. The number of allylic oxidation sites excluding steroid dienone is 7. The standard InChI is InChI=1S/C53H97NO8/c1-3-5-7-9-11-13-15-17-19-21-23-25-26-28-30-32-34-36-38-40-42-47(56)46(45-61-53-52(60)51(59)50(58)48(44-55)62-53)54-49(57)43-41-39-37-35-33-31-29-27-24-22-20-18-16-14-12-10-8-6-4-2/h12,14,18,20,32,34,40,42,46-48,50-53,55-56,58-60H,3-11,13,15-17,19,21-31,33,35-39,41,43-45H2,1-2H3,(H,54,57)/b14-12-,20-18-,34-32+,42-40+. The number of carbonyl (C=O) groups excluding carboxylic acids is 1. The summed E-state index contributed by atoms with van der Waals surface area (Å²) in [5.41, 5.74) is 0. The van der Waals surface area contributed by atoms with Crippen LogP contribution in [0.25, 0.3) is 0 Å². The van der Waals surface area contributed by atoms with Gasteiger partial charge in [-0.1, -0.05) is 204 Å². The molecule has 1 fully saturated rings. The van der Waals surface area contributed by atoms with Crippen molar-refractivity contribution < 1.29 is 39.8 Å². The molecule has 362 valence electrons. The van der Waals surface area contributed by atoms with Crippen LogP contribution in [0, 0.1) is 0 Å². The first kappa shape index (κ1) is 58.2. The summed E-state index contributed by atoms with van der Waals surface area (Å²) in [6.07, 6.45) is 48.7. The number of aliphatic hydroxyl groups excluding tert-OH is 5. The smallest absolute Gasteiger partial charge is 0.220 e. The van der Waals surface area contributed by atoms with Crippen molar-refractivity contribution in [3.63, 3.8) is 0 Å². The van der Waals surface area contributed by atoms with Crippen molar-refractivity contribution >= 4 is 5.91 Å². The van der Waals surface area contributed by atoms with E-state index in [2.05, 4.69) is 55.6 Å². The summed E-state index contributed by atoms with van der Waals surface area (Å²) in [4.78, 5) is 13.0. The lowest BCUT2D eigenvalue weighted by Crippen LogP contribution is -2.60. The molecule has 0 radical (unpaired) electrons. The molecule has 0 aliphatic carbocycles. The summed E-state index contributed by atoms with van der Waals surface area (Å²) in [6.45, 7) is 3.74. The number of nitrogens with one attached hydrogen (secondary N) is 1. The Labute approximate surface area is 380 Å². The predicted molar refractivity (Wildman–Crippen MR) is 258 cm³/mol. The summed E-state index contributed by atoms with van der Waals surface area (Å²) in [6, 6.07) is -0.824. The van der Waals surface area contributed by atoms with Crippen molar-refractivity contribution in [3.8, 4) is 0 Å². The van der Waals surface area contributed by atoms with Gasteiger partial charge in [0.2, 0.25) is 5.91 Å². The average Bonchev–Trinajstić information content (AvgIpc) is 3.27. The Morgan fingerprint density at radius 1 is 0.548 bits per heavy atom. The van der Waals surface area contributed by atoms with Crippen LogP contribution < -0.4 is 5.32 Å². The summed E-state index contributed by atoms with van der Waals surface area (Å²) in [5, 5.41) is 54.3. The minimum Gasteiger partial charge on any atom is -0.394 e.